The topological polar surface area (TPSA) is 79.0 Å². The van der Waals surface area contributed by atoms with Gasteiger partial charge in [0.1, 0.15) is 0 Å². The average molecular weight is 250 g/mol. The summed E-state index contributed by atoms with van der Waals surface area (Å²) in [6, 6.07) is 13.1. The zero-order valence-electron chi connectivity index (χ0n) is 8.94. The minimum atomic E-state index is -0.363. The van der Waals surface area contributed by atoms with Gasteiger partial charge in [-0.25, -0.2) is 0 Å². The number of hydrogen-bond donors (Lipinski definition) is 3. The van der Waals surface area contributed by atoms with Gasteiger partial charge in [-0.1, -0.05) is 30.3 Å². The number of fused-ring (bicyclic) bond motifs is 1. The molecule has 0 fully saturated rings. The first-order valence-corrected chi connectivity index (χ1v) is 4.81. The van der Waals surface area contributed by atoms with Gasteiger partial charge in [-0.05, 0) is 22.9 Å². The van der Waals surface area contributed by atoms with Crippen molar-refractivity contribution in [3.63, 3.8) is 0 Å². The van der Waals surface area contributed by atoms with Crippen LogP contribution >= 0.6 is 12.4 Å². The number of amides is 1. The standard InChI is InChI=1S/C12H11N3O.ClH/c13-12(14)15-11(16)10-6-5-8-3-1-2-4-9(8)7-10;/h1-7H,(H4,13,14,15,16);1H. The Morgan fingerprint density at radius 1 is 1.12 bits per heavy atom. The zero-order chi connectivity index (χ0) is 11.5. The van der Waals surface area contributed by atoms with Crippen molar-refractivity contribution in [2.75, 3.05) is 0 Å². The van der Waals surface area contributed by atoms with Crippen LogP contribution in [-0.4, -0.2) is 11.9 Å². The molecule has 0 heterocycles. The Morgan fingerprint density at radius 3 is 2.41 bits per heavy atom. The molecule has 17 heavy (non-hydrogen) atoms. The highest BCUT2D eigenvalue weighted by Gasteiger charge is 2.06. The van der Waals surface area contributed by atoms with E-state index in [2.05, 4.69) is 5.32 Å². The highest BCUT2D eigenvalue weighted by atomic mass is 35.5. The molecule has 88 valence electrons. The summed E-state index contributed by atoms with van der Waals surface area (Å²) in [7, 11) is 0. The molecule has 0 saturated carbocycles. The fraction of sp³-hybridized carbons (Fsp3) is 0. The van der Waals surface area contributed by atoms with Crippen molar-refractivity contribution in [3.05, 3.63) is 48.0 Å². The number of hydrogen-bond acceptors (Lipinski definition) is 2. The highest BCUT2D eigenvalue weighted by Crippen LogP contribution is 2.15. The molecule has 0 saturated heterocycles. The van der Waals surface area contributed by atoms with Crippen molar-refractivity contribution in [1.29, 1.82) is 5.41 Å². The molecule has 4 N–H and O–H groups in total. The molecule has 0 aliphatic carbocycles. The van der Waals surface area contributed by atoms with Gasteiger partial charge in [0.15, 0.2) is 5.96 Å². The van der Waals surface area contributed by atoms with Gasteiger partial charge < -0.3 is 5.73 Å². The molecule has 0 aliphatic rings. The molecule has 0 atom stereocenters. The summed E-state index contributed by atoms with van der Waals surface area (Å²) in [5, 5.41) is 11.3. The van der Waals surface area contributed by atoms with E-state index >= 15 is 0 Å². The van der Waals surface area contributed by atoms with E-state index < -0.39 is 0 Å². The van der Waals surface area contributed by atoms with E-state index in [1.807, 2.05) is 30.3 Å². The number of guanidine groups is 1. The largest absolute Gasteiger partial charge is 0.370 e. The second-order valence-electron chi connectivity index (χ2n) is 3.43. The maximum atomic E-state index is 11.6. The number of benzene rings is 2. The fourth-order valence-electron chi connectivity index (χ4n) is 1.53. The van der Waals surface area contributed by atoms with Crippen LogP contribution in [-0.2, 0) is 0 Å². The van der Waals surface area contributed by atoms with Crippen LogP contribution in [0.2, 0.25) is 0 Å². The van der Waals surface area contributed by atoms with Gasteiger partial charge in [0.05, 0.1) is 0 Å². The lowest BCUT2D eigenvalue weighted by Crippen LogP contribution is -2.35. The molecule has 0 radical (unpaired) electrons. The molecule has 1 amide bonds. The van der Waals surface area contributed by atoms with Crippen molar-refractivity contribution < 1.29 is 4.79 Å². The van der Waals surface area contributed by atoms with Gasteiger partial charge in [-0.2, -0.15) is 0 Å². The lowest BCUT2D eigenvalue weighted by atomic mass is 10.1. The number of carbonyl (C=O) groups excluding carboxylic acids is 1. The Labute approximate surface area is 105 Å². The first kappa shape index (κ1) is 13.0. The number of carbonyl (C=O) groups is 1. The minimum Gasteiger partial charge on any atom is -0.370 e. The summed E-state index contributed by atoms with van der Waals surface area (Å²) >= 11 is 0. The summed E-state index contributed by atoms with van der Waals surface area (Å²) in [5.41, 5.74) is 5.59. The molecule has 4 nitrogen and oxygen atoms in total. The molecule has 0 aliphatic heterocycles. The highest BCUT2D eigenvalue weighted by molar-refractivity contribution is 6.06. The fourth-order valence-corrected chi connectivity index (χ4v) is 1.53. The van der Waals surface area contributed by atoms with E-state index in [-0.39, 0.29) is 24.3 Å². The summed E-state index contributed by atoms with van der Waals surface area (Å²) in [5.74, 6) is -0.712. The Morgan fingerprint density at radius 2 is 1.76 bits per heavy atom. The van der Waals surface area contributed by atoms with Gasteiger partial charge in [0.2, 0.25) is 0 Å². The van der Waals surface area contributed by atoms with Crippen molar-refractivity contribution in [3.8, 4) is 0 Å². The third-order valence-electron chi connectivity index (χ3n) is 2.26. The molecule has 2 aromatic carbocycles. The van der Waals surface area contributed by atoms with Gasteiger partial charge >= 0.3 is 0 Å². The van der Waals surface area contributed by atoms with Gasteiger partial charge in [-0.3, -0.25) is 15.5 Å². The van der Waals surface area contributed by atoms with Crippen molar-refractivity contribution >= 4 is 35.0 Å². The number of nitrogens with one attached hydrogen (secondary N) is 2. The Kier molecular flexibility index (Phi) is 4.06. The van der Waals surface area contributed by atoms with Crippen LogP contribution < -0.4 is 11.1 Å². The van der Waals surface area contributed by atoms with Crippen LogP contribution in [0.25, 0.3) is 10.8 Å². The predicted molar refractivity (Wildman–Crippen MR) is 70.6 cm³/mol. The van der Waals surface area contributed by atoms with Crippen molar-refractivity contribution in [2.24, 2.45) is 5.73 Å². The third kappa shape index (κ3) is 2.95. The monoisotopic (exact) mass is 249 g/mol. The van der Waals surface area contributed by atoms with Crippen LogP contribution in [0.3, 0.4) is 0 Å². The predicted octanol–water partition coefficient (Wildman–Crippen LogP) is 1.88. The summed E-state index contributed by atoms with van der Waals surface area (Å²) in [6.45, 7) is 0. The molecule has 5 heteroatoms. The average Bonchev–Trinajstić information content (AvgIpc) is 2.27. The molecule has 0 bridgehead atoms. The maximum absolute atomic E-state index is 11.6. The lowest BCUT2D eigenvalue weighted by Gasteiger charge is -2.04. The molecule has 2 rings (SSSR count). The van der Waals surface area contributed by atoms with Gasteiger partial charge in [0, 0.05) is 5.56 Å². The van der Waals surface area contributed by atoms with E-state index in [1.54, 1.807) is 12.1 Å². The van der Waals surface area contributed by atoms with E-state index in [9.17, 15) is 4.79 Å². The molecule has 0 spiro atoms. The van der Waals surface area contributed by atoms with Crippen LogP contribution in [0.1, 0.15) is 10.4 Å². The zero-order valence-corrected chi connectivity index (χ0v) is 9.75. The molecule has 2 aromatic rings. The van der Waals surface area contributed by atoms with E-state index in [1.165, 1.54) is 0 Å². The quantitative estimate of drug-likeness (QED) is 0.533. The van der Waals surface area contributed by atoms with Crippen LogP contribution in [0.4, 0.5) is 0 Å². The second kappa shape index (κ2) is 5.32. The smallest absolute Gasteiger partial charge is 0.257 e. The minimum absolute atomic E-state index is 0. The SMILES string of the molecule is Cl.N=C(N)NC(=O)c1ccc2ccccc2c1. The summed E-state index contributed by atoms with van der Waals surface area (Å²) in [6.07, 6.45) is 0. The van der Waals surface area contributed by atoms with Crippen LogP contribution in [0, 0.1) is 5.41 Å². The van der Waals surface area contributed by atoms with Crippen molar-refractivity contribution in [2.45, 2.75) is 0 Å². The lowest BCUT2D eigenvalue weighted by molar-refractivity contribution is 0.0976. The van der Waals surface area contributed by atoms with Crippen LogP contribution in [0.5, 0.6) is 0 Å². The first-order chi connectivity index (χ1) is 7.66. The summed E-state index contributed by atoms with van der Waals surface area (Å²) in [4.78, 5) is 11.6. The number of nitrogens with two attached hydrogens (primary N) is 1. The molecule has 0 aromatic heterocycles. The molecule has 0 unspecified atom stereocenters. The Bertz CT molecular complexity index is 568. The van der Waals surface area contributed by atoms with E-state index in [0.717, 1.165) is 10.8 Å². The normalized spacial score (nSPS) is 9.41. The third-order valence-corrected chi connectivity index (χ3v) is 2.26. The number of halogens is 1. The van der Waals surface area contributed by atoms with Crippen LogP contribution in [0.15, 0.2) is 42.5 Å². The van der Waals surface area contributed by atoms with E-state index in [4.69, 9.17) is 11.1 Å². The Balaban J connectivity index is 0.00000144. The van der Waals surface area contributed by atoms with Gasteiger partial charge in [0.25, 0.3) is 5.91 Å². The first-order valence-electron chi connectivity index (χ1n) is 4.81. The van der Waals surface area contributed by atoms with E-state index in [0.29, 0.717) is 5.56 Å². The van der Waals surface area contributed by atoms with Gasteiger partial charge in [-0.15, -0.1) is 12.4 Å². The Hall–Kier alpha value is -2.07. The maximum Gasteiger partial charge on any atom is 0.257 e. The van der Waals surface area contributed by atoms with Crippen molar-refractivity contribution in [1.82, 2.24) is 5.32 Å². The summed E-state index contributed by atoms with van der Waals surface area (Å²) < 4.78 is 0. The second-order valence-corrected chi connectivity index (χ2v) is 3.43. The molecular formula is C12H12ClN3O. The number of rotatable bonds is 1. The molecular weight excluding hydrogens is 238 g/mol.